The summed E-state index contributed by atoms with van der Waals surface area (Å²) in [6.07, 6.45) is 6.11. The first kappa shape index (κ1) is 13.9. The van der Waals surface area contributed by atoms with Crippen LogP contribution in [0, 0.1) is 13.8 Å². The molecule has 0 bridgehead atoms. The molecule has 96 valence electrons. The van der Waals surface area contributed by atoms with Crippen molar-refractivity contribution in [2.75, 3.05) is 5.32 Å². The first-order valence-electron chi connectivity index (χ1n) is 6.74. The van der Waals surface area contributed by atoms with Gasteiger partial charge >= 0.3 is 0 Å². The van der Waals surface area contributed by atoms with Crippen LogP contribution in [0.25, 0.3) is 0 Å². The normalized spacial score (nSPS) is 12.5. The minimum Gasteiger partial charge on any atom is -0.351 e. The van der Waals surface area contributed by atoms with E-state index in [-0.39, 0.29) is 0 Å². The largest absolute Gasteiger partial charge is 0.351 e. The molecule has 3 nitrogen and oxygen atoms in total. The molecule has 1 aromatic heterocycles. The predicted molar refractivity (Wildman–Crippen MR) is 73.3 cm³/mol. The van der Waals surface area contributed by atoms with Gasteiger partial charge in [0, 0.05) is 17.4 Å². The zero-order valence-electron chi connectivity index (χ0n) is 11.6. The zero-order chi connectivity index (χ0) is 12.7. The molecule has 1 unspecified atom stereocenters. The van der Waals surface area contributed by atoms with Crippen LogP contribution in [0.1, 0.15) is 57.3 Å². The Kier molecular flexibility index (Phi) is 5.95. The Morgan fingerprint density at radius 1 is 1.06 bits per heavy atom. The molecule has 1 rings (SSSR count). The number of hydrogen-bond acceptors (Lipinski definition) is 3. The number of nitrogens with one attached hydrogen (secondary N) is 1. The van der Waals surface area contributed by atoms with E-state index in [1.54, 1.807) is 0 Å². The van der Waals surface area contributed by atoms with Crippen LogP contribution in [-0.4, -0.2) is 16.0 Å². The molecular weight excluding hydrogens is 210 g/mol. The van der Waals surface area contributed by atoms with E-state index in [4.69, 9.17) is 0 Å². The second kappa shape index (κ2) is 7.25. The van der Waals surface area contributed by atoms with Crippen molar-refractivity contribution in [3.63, 3.8) is 0 Å². The van der Waals surface area contributed by atoms with Gasteiger partial charge in [-0.25, -0.2) is 9.97 Å². The van der Waals surface area contributed by atoms with Crippen LogP contribution in [0.5, 0.6) is 0 Å². The van der Waals surface area contributed by atoms with Gasteiger partial charge in [-0.1, -0.05) is 33.1 Å². The van der Waals surface area contributed by atoms with Gasteiger partial charge in [0.15, 0.2) is 0 Å². The van der Waals surface area contributed by atoms with Crippen molar-refractivity contribution in [1.29, 1.82) is 0 Å². The fraction of sp³-hybridized carbons (Fsp3) is 0.714. The second-order valence-electron chi connectivity index (χ2n) is 4.75. The van der Waals surface area contributed by atoms with E-state index in [9.17, 15) is 0 Å². The number of nitrogens with zero attached hydrogens (tertiary/aromatic N) is 2. The van der Waals surface area contributed by atoms with Gasteiger partial charge < -0.3 is 5.32 Å². The molecule has 1 N–H and O–H groups in total. The SMILES string of the molecule is CCCCC(CCC)Nc1nc(C)cc(C)n1. The first-order valence-corrected chi connectivity index (χ1v) is 6.74. The van der Waals surface area contributed by atoms with Gasteiger partial charge in [-0.3, -0.25) is 0 Å². The number of hydrogen-bond donors (Lipinski definition) is 1. The Balaban J connectivity index is 2.63. The summed E-state index contributed by atoms with van der Waals surface area (Å²) in [6, 6.07) is 2.52. The van der Waals surface area contributed by atoms with Crippen LogP contribution in [0.4, 0.5) is 5.95 Å². The Labute approximate surface area is 105 Å². The summed E-state index contributed by atoms with van der Waals surface area (Å²) in [7, 11) is 0. The van der Waals surface area contributed by atoms with Crippen LogP contribution < -0.4 is 5.32 Å². The van der Waals surface area contributed by atoms with Gasteiger partial charge in [0.1, 0.15) is 0 Å². The van der Waals surface area contributed by atoms with Crippen molar-refractivity contribution in [3.05, 3.63) is 17.5 Å². The van der Waals surface area contributed by atoms with Crippen molar-refractivity contribution in [2.45, 2.75) is 65.8 Å². The molecule has 0 fully saturated rings. The third-order valence-corrected chi connectivity index (χ3v) is 2.86. The Hall–Kier alpha value is -1.12. The molecule has 0 aromatic carbocycles. The van der Waals surface area contributed by atoms with Gasteiger partial charge in [-0.05, 0) is 32.8 Å². The Bertz CT molecular complexity index is 316. The summed E-state index contributed by atoms with van der Waals surface area (Å²) in [5.74, 6) is 0.789. The lowest BCUT2D eigenvalue weighted by molar-refractivity contribution is 0.560. The molecule has 0 saturated carbocycles. The molecular formula is C14H25N3. The van der Waals surface area contributed by atoms with Crippen LogP contribution >= 0.6 is 0 Å². The molecule has 0 spiro atoms. The first-order chi connectivity index (χ1) is 8.15. The highest BCUT2D eigenvalue weighted by atomic mass is 15.1. The molecule has 1 heterocycles. The highest BCUT2D eigenvalue weighted by Crippen LogP contribution is 2.13. The maximum Gasteiger partial charge on any atom is 0.223 e. The third kappa shape index (κ3) is 5.16. The van der Waals surface area contributed by atoms with E-state index in [1.807, 2.05) is 19.9 Å². The third-order valence-electron chi connectivity index (χ3n) is 2.86. The van der Waals surface area contributed by atoms with E-state index >= 15 is 0 Å². The summed E-state index contributed by atoms with van der Waals surface area (Å²) in [5, 5.41) is 3.47. The van der Waals surface area contributed by atoms with Crippen LogP contribution in [0.15, 0.2) is 6.07 Å². The summed E-state index contributed by atoms with van der Waals surface area (Å²) in [4.78, 5) is 8.88. The smallest absolute Gasteiger partial charge is 0.223 e. The standard InChI is InChI=1S/C14H25N3/c1-5-7-9-13(8-6-2)17-14-15-11(3)10-12(4)16-14/h10,13H,5-9H2,1-4H3,(H,15,16,17). The minimum absolute atomic E-state index is 0.515. The summed E-state index contributed by atoms with van der Waals surface area (Å²) >= 11 is 0. The van der Waals surface area contributed by atoms with Crippen molar-refractivity contribution in [3.8, 4) is 0 Å². The predicted octanol–water partition coefficient (Wildman–Crippen LogP) is 3.86. The minimum atomic E-state index is 0.515. The highest BCUT2D eigenvalue weighted by molar-refractivity contribution is 5.28. The van der Waals surface area contributed by atoms with Crippen LogP contribution in [0.3, 0.4) is 0 Å². The van der Waals surface area contributed by atoms with Gasteiger partial charge in [0.2, 0.25) is 5.95 Å². The molecule has 1 aromatic rings. The summed E-state index contributed by atoms with van der Waals surface area (Å²) in [6.45, 7) is 8.49. The quantitative estimate of drug-likeness (QED) is 0.779. The maximum absolute atomic E-state index is 4.44. The molecule has 0 aliphatic carbocycles. The number of aryl methyl sites for hydroxylation is 2. The van der Waals surface area contributed by atoms with Crippen molar-refractivity contribution in [1.82, 2.24) is 9.97 Å². The molecule has 17 heavy (non-hydrogen) atoms. The average molecular weight is 235 g/mol. The van der Waals surface area contributed by atoms with Crippen LogP contribution in [0.2, 0.25) is 0 Å². The van der Waals surface area contributed by atoms with Gasteiger partial charge in [-0.2, -0.15) is 0 Å². The molecule has 0 aliphatic heterocycles. The molecule has 0 radical (unpaired) electrons. The number of aromatic nitrogens is 2. The molecule has 0 saturated heterocycles. The Morgan fingerprint density at radius 3 is 2.24 bits per heavy atom. The monoisotopic (exact) mass is 235 g/mol. The van der Waals surface area contributed by atoms with Crippen molar-refractivity contribution < 1.29 is 0 Å². The molecule has 1 atom stereocenters. The van der Waals surface area contributed by atoms with Gasteiger partial charge in [0.25, 0.3) is 0 Å². The van der Waals surface area contributed by atoms with Gasteiger partial charge in [0.05, 0.1) is 0 Å². The number of rotatable bonds is 7. The topological polar surface area (TPSA) is 37.8 Å². The van der Waals surface area contributed by atoms with E-state index in [2.05, 4.69) is 29.1 Å². The lowest BCUT2D eigenvalue weighted by Crippen LogP contribution is -2.21. The highest BCUT2D eigenvalue weighted by Gasteiger charge is 2.09. The number of anilines is 1. The number of unbranched alkanes of at least 4 members (excludes halogenated alkanes) is 1. The molecule has 0 amide bonds. The lowest BCUT2D eigenvalue weighted by Gasteiger charge is -2.18. The summed E-state index contributed by atoms with van der Waals surface area (Å²) in [5.41, 5.74) is 2.07. The Morgan fingerprint density at radius 2 is 1.71 bits per heavy atom. The van der Waals surface area contributed by atoms with Crippen molar-refractivity contribution in [2.24, 2.45) is 0 Å². The van der Waals surface area contributed by atoms with E-state index < -0.39 is 0 Å². The van der Waals surface area contributed by atoms with Gasteiger partial charge in [-0.15, -0.1) is 0 Å². The van der Waals surface area contributed by atoms with Crippen LogP contribution in [-0.2, 0) is 0 Å². The van der Waals surface area contributed by atoms with E-state index in [1.165, 1.54) is 32.1 Å². The summed E-state index contributed by atoms with van der Waals surface area (Å²) < 4.78 is 0. The molecule has 3 heteroatoms. The fourth-order valence-electron chi connectivity index (χ4n) is 2.06. The lowest BCUT2D eigenvalue weighted by atomic mass is 10.1. The fourth-order valence-corrected chi connectivity index (χ4v) is 2.06. The van der Waals surface area contributed by atoms with Crippen molar-refractivity contribution >= 4 is 5.95 Å². The molecule has 0 aliphatic rings. The zero-order valence-corrected chi connectivity index (χ0v) is 11.6. The van der Waals surface area contributed by atoms with E-state index in [0.717, 1.165) is 17.3 Å². The average Bonchev–Trinajstić information content (AvgIpc) is 2.24. The van der Waals surface area contributed by atoms with E-state index in [0.29, 0.717) is 6.04 Å². The maximum atomic E-state index is 4.44. The second-order valence-corrected chi connectivity index (χ2v) is 4.75.